The van der Waals surface area contributed by atoms with Crippen molar-refractivity contribution in [3.8, 4) is 12.1 Å². The fraction of sp³-hybridized carbons (Fsp3) is 0.500. The molecule has 7 heteroatoms. The number of halogens is 1. The minimum Gasteiger partial charge on any atom is -0.325 e. The molecule has 1 aliphatic rings. The van der Waals surface area contributed by atoms with Crippen molar-refractivity contribution in [2.75, 3.05) is 44.6 Å². The number of anilines is 1. The molecule has 1 N–H and O–H groups in total. The molecule has 0 spiro atoms. The Morgan fingerprint density at radius 1 is 1.16 bits per heavy atom. The third-order valence-corrected chi connectivity index (χ3v) is 4.23. The van der Waals surface area contributed by atoms with Crippen LogP contribution in [0.3, 0.4) is 0 Å². The van der Waals surface area contributed by atoms with Crippen molar-refractivity contribution in [1.29, 1.82) is 10.5 Å². The van der Waals surface area contributed by atoms with Gasteiger partial charge in [0.2, 0.25) is 5.91 Å². The lowest BCUT2D eigenvalue weighted by Crippen LogP contribution is -2.49. The number of amides is 1. The number of rotatable bonds is 7. The van der Waals surface area contributed by atoms with Crippen LogP contribution in [0.4, 0.5) is 10.1 Å². The van der Waals surface area contributed by atoms with Crippen molar-refractivity contribution < 1.29 is 9.18 Å². The summed E-state index contributed by atoms with van der Waals surface area (Å²) >= 11 is 0. The fourth-order valence-electron chi connectivity index (χ4n) is 2.81. The number of nitrogens with one attached hydrogen (secondary N) is 1. The summed E-state index contributed by atoms with van der Waals surface area (Å²) < 4.78 is 12.9. The molecule has 25 heavy (non-hydrogen) atoms. The second kappa shape index (κ2) is 9.73. The first-order chi connectivity index (χ1) is 12.1. The summed E-state index contributed by atoms with van der Waals surface area (Å²) in [5.74, 6) is -0.573. The molecule has 6 nitrogen and oxygen atoms in total. The Balaban J connectivity index is 1.71. The lowest BCUT2D eigenvalue weighted by Gasteiger charge is -2.35. The van der Waals surface area contributed by atoms with Gasteiger partial charge in [0, 0.05) is 44.8 Å². The van der Waals surface area contributed by atoms with Crippen molar-refractivity contribution in [1.82, 2.24) is 9.80 Å². The minimum atomic E-state index is -0.334. The number of carbonyl (C=O) groups excluding carboxylic acids is 1. The van der Waals surface area contributed by atoms with Gasteiger partial charge in [-0.05, 0) is 30.7 Å². The standard InChI is InChI=1S/C18H22FN5O/c19-16-3-5-17(6-4-16)22-18(25)14-24-10-8-23(9-11-24)13-15(12-21)2-1-7-20/h3-6,15H,1-2,8-11,13-14H2,(H,22,25)/t15-/m0/s1. The van der Waals surface area contributed by atoms with E-state index in [1.165, 1.54) is 24.3 Å². The lowest BCUT2D eigenvalue weighted by atomic mass is 10.0. The molecule has 1 aromatic carbocycles. The Morgan fingerprint density at radius 2 is 1.80 bits per heavy atom. The Kier molecular flexibility index (Phi) is 7.34. The molecule has 0 saturated carbocycles. The zero-order valence-electron chi connectivity index (χ0n) is 14.1. The maximum atomic E-state index is 12.9. The number of nitrogens with zero attached hydrogens (tertiary/aromatic N) is 4. The molecule has 0 unspecified atom stereocenters. The second-order valence-electron chi connectivity index (χ2n) is 6.15. The normalized spacial score (nSPS) is 16.6. The average molecular weight is 343 g/mol. The van der Waals surface area contributed by atoms with Gasteiger partial charge in [-0.15, -0.1) is 0 Å². The maximum absolute atomic E-state index is 12.9. The number of carbonyl (C=O) groups is 1. The van der Waals surface area contributed by atoms with Gasteiger partial charge in [-0.2, -0.15) is 10.5 Å². The zero-order valence-corrected chi connectivity index (χ0v) is 14.1. The third-order valence-electron chi connectivity index (χ3n) is 4.23. The van der Waals surface area contributed by atoms with E-state index in [0.717, 1.165) is 26.2 Å². The van der Waals surface area contributed by atoms with Gasteiger partial charge in [0.15, 0.2) is 0 Å². The molecule has 1 fully saturated rings. The van der Waals surface area contributed by atoms with Crippen LogP contribution in [0.2, 0.25) is 0 Å². The minimum absolute atomic E-state index is 0.118. The Bertz CT molecular complexity index is 641. The number of benzene rings is 1. The van der Waals surface area contributed by atoms with Crippen molar-refractivity contribution in [3.63, 3.8) is 0 Å². The van der Waals surface area contributed by atoms with Crippen LogP contribution in [0, 0.1) is 34.4 Å². The number of piperazine rings is 1. The summed E-state index contributed by atoms with van der Waals surface area (Å²) in [7, 11) is 0. The van der Waals surface area contributed by atoms with Gasteiger partial charge in [-0.25, -0.2) is 4.39 Å². The summed E-state index contributed by atoms with van der Waals surface area (Å²) in [6.45, 7) is 4.08. The summed E-state index contributed by atoms with van der Waals surface area (Å²) in [5, 5.41) is 20.5. The van der Waals surface area contributed by atoms with E-state index >= 15 is 0 Å². The third kappa shape index (κ3) is 6.50. The maximum Gasteiger partial charge on any atom is 0.238 e. The van der Waals surface area contributed by atoms with Crippen molar-refractivity contribution in [2.45, 2.75) is 12.8 Å². The van der Waals surface area contributed by atoms with Crippen LogP contribution in [0.15, 0.2) is 24.3 Å². The summed E-state index contributed by atoms with van der Waals surface area (Å²) in [4.78, 5) is 16.3. The largest absolute Gasteiger partial charge is 0.325 e. The number of hydrogen-bond donors (Lipinski definition) is 1. The predicted octanol–water partition coefficient (Wildman–Crippen LogP) is 1.83. The number of hydrogen-bond acceptors (Lipinski definition) is 5. The second-order valence-corrected chi connectivity index (χ2v) is 6.15. The molecule has 2 rings (SSSR count). The van der Waals surface area contributed by atoms with E-state index in [1.807, 2.05) is 0 Å². The van der Waals surface area contributed by atoms with E-state index in [-0.39, 0.29) is 17.6 Å². The highest BCUT2D eigenvalue weighted by Crippen LogP contribution is 2.11. The quantitative estimate of drug-likeness (QED) is 0.816. The van der Waals surface area contributed by atoms with Gasteiger partial charge in [-0.3, -0.25) is 14.6 Å². The van der Waals surface area contributed by atoms with E-state index in [1.54, 1.807) is 0 Å². The lowest BCUT2D eigenvalue weighted by molar-refractivity contribution is -0.117. The first kappa shape index (κ1) is 18.9. The molecule has 0 aromatic heterocycles. The van der Waals surface area contributed by atoms with Crippen molar-refractivity contribution in [3.05, 3.63) is 30.1 Å². The van der Waals surface area contributed by atoms with Crippen LogP contribution in [0.1, 0.15) is 12.8 Å². The van der Waals surface area contributed by atoms with Gasteiger partial charge >= 0.3 is 0 Å². The summed E-state index contributed by atoms with van der Waals surface area (Å²) in [6, 6.07) is 10.0. The molecule has 1 atom stereocenters. The smallest absolute Gasteiger partial charge is 0.238 e. The van der Waals surface area contributed by atoms with Crippen LogP contribution >= 0.6 is 0 Å². The molecular formula is C18H22FN5O. The molecule has 0 radical (unpaired) electrons. The van der Waals surface area contributed by atoms with E-state index in [4.69, 9.17) is 10.5 Å². The Morgan fingerprint density at radius 3 is 2.40 bits per heavy atom. The first-order valence-electron chi connectivity index (χ1n) is 8.37. The van der Waals surface area contributed by atoms with Crippen LogP contribution in [0.25, 0.3) is 0 Å². The predicted molar refractivity (Wildman–Crippen MR) is 91.9 cm³/mol. The average Bonchev–Trinajstić information content (AvgIpc) is 2.62. The molecule has 132 valence electrons. The molecule has 1 aliphatic heterocycles. The molecular weight excluding hydrogens is 321 g/mol. The highest BCUT2D eigenvalue weighted by molar-refractivity contribution is 5.92. The first-order valence-corrected chi connectivity index (χ1v) is 8.37. The summed E-state index contributed by atoms with van der Waals surface area (Å²) in [6.07, 6.45) is 1.01. The van der Waals surface area contributed by atoms with Gasteiger partial charge in [0.25, 0.3) is 0 Å². The van der Waals surface area contributed by atoms with Crippen LogP contribution in [0.5, 0.6) is 0 Å². The summed E-state index contributed by atoms with van der Waals surface area (Å²) in [5.41, 5.74) is 0.583. The van der Waals surface area contributed by atoms with Crippen LogP contribution in [-0.4, -0.2) is 55.0 Å². The van der Waals surface area contributed by atoms with Crippen molar-refractivity contribution in [2.24, 2.45) is 5.92 Å². The molecule has 1 saturated heterocycles. The molecule has 0 aliphatic carbocycles. The van der Waals surface area contributed by atoms with Gasteiger partial charge in [0.05, 0.1) is 24.6 Å². The van der Waals surface area contributed by atoms with E-state index in [2.05, 4.69) is 27.3 Å². The van der Waals surface area contributed by atoms with Gasteiger partial charge < -0.3 is 5.32 Å². The number of nitriles is 2. The van der Waals surface area contributed by atoms with Crippen LogP contribution in [-0.2, 0) is 4.79 Å². The zero-order chi connectivity index (χ0) is 18.1. The van der Waals surface area contributed by atoms with E-state index < -0.39 is 0 Å². The van der Waals surface area contributed by atoms with Crippen LogP contribution < -0.4 is 5.32 Å². The SMILES string of the molecule is N#CCC[C@@H](C#N)CN1CCN(CC(=O)Nc2ccc(F)cc2)CC1. The van der Waals surface area contributed by atoms with Crippen molar-refractivity contribution >= 4 is 11.6 Å². The fourth-order valence-corrected chi connectivity index (χ4v) is 2.81. The van der Waals surface area contributed by atoms with Gasteiger partial charge in [-0.1, -0.05) is 0 Å². The molecule has 1 amide bonds. The monoisotopic (exact) mass is 343 g/mol. The Hall–Kier alpha value is -2.48. The van der Waals surface area contributed by atoms with Gasteiger partial charge in [0.1, 0.15) is 5.82 Å². The molecule has 1 aromatic rings. The highest BCUT2D eigenvalue weighted by Gasteiger charge is 2.21. The topological polar surface area (TPSA) is 83.2 Å². The van der Waals surface area contributed by atoms with E-state index in [0.29, 0.717) is 31.6 Å². The molecule has 0 bridgehead atoms. The Labute approximate surface area is 147 Å². The highest BCUT2D eigenvalue weighted by atomic mass is 19.1. The van der Waals surface area contributed by atoms with E-state index in [9.17, 15) is 9.18 Å². The molecule has 1 heterocycles.